The first-order chi connectivity index (χ1) is 61.6. The molecule has 1 aliphatic carbocycles. The van der Waals surface area contributed by atoms with E-state index in [1.165, 1.54) is 42.1 Å². The van der Waals surface area contributed by atoms with Gasteiger partial charge in [-0.3, -0.25) is 54.3 Å². The third-order valence-corrected chi connectivity index (χ3v) is 22.9. The Labute approximate surface area is 726 Å². The molecular weight excluding hydrogens is 1630 g/mol. The SMILES string of the molecule is CNc1ccccc1C(=O)Nc1cn[nH]c1-c1nc2ccc(CN3CCOCC3)cc2[nH]1.COc1cc(N)c(Cl)cc1C(=O)Nc1cn[nH]c1-c1nc2ccc(CN3CCOCC3)cc2[nH]1.COc1cc2nc(-c3[nH]ncc3NC(=O)[C@@H]3CCCN3)[nH]c2cc1OC.Cc1oc2c(c1C(=O)Nc1cn[nH]c1-c1nc3ccc(CN4CCOCC4)cc3[nH]1)CCCC2. The van der Waals surface area contributed by atoms with Gasteiger partial charge in [0.05, 0.1) is 186 Å². The van der Waals surface area contributed by atoms with E-state index in [0.717, 1.165) is 205 Å². The Kier molecular flexibility index (Phi) is 25.8. The highest BCUT2D eigenvalue weighted by molar-refractivity contribution is 6.33. The highest BCUT2D eigenvalue weighted by atomic mass is 35.5. The van der Waals surface area contributed by atoms with E-state index < -0.39 is 5.91 Å². The molecule has 38 heteroatoms. The number of morpholine rings is 3. The quantitative estimate of drug-likeness (QED) is 0.0280. The number of aryl methyl sites for hydroxylation is 2. The minimum atomic E-state index is -0.412. The molecule has 13 heterocycles. The van der Waals surface area contributed by atoms with Crippen LogP contribution in [-0.4, -0.2) is 239 Å². The summed E-state index contributed by atoms with van der Waals surface area (Å²) in [5.74, 6) is 4.68. The molecule has 0 radical (unpaired) electrons. The molecule has 20 rings (SSSR count). The van der Waals surface area contributed by atoms with Crippen molar-refractivity contribution in [3.8, 4) is 63.3 Å². The predicted molar refractivity (Wildman–Crippen MR) is 478 cm³/mol. The van der Waals surface area contributed by atoms with Gasteiger partial charge in [-0.25, -0.2) is 19.9 Å². The molecule has 0 spiro atoms. The van der Waals surface area contributed by atoms with Gasteiger partial charge in [0.15, 0.2) is 34.8 Å². The van der Waals surface area contributed by atoms with E-state index in [0.29, 0.717) is 109 Å². The second-order valence-corrected chi connectivity index (χ2v) is 31.3. The monoisotopic (exact) mass is 1730 g/mol. The number of nitrogens with zero attached hydrogens (tertiary/aromatic N) is 11. The van der Waals surface area contributed by atoms with Crippen LogP contribution in [-0.2, 0) is 51.5 Å². The molecule has 4 amide bonds. The molecule has 1 atom stereocenters. The minimum Gasteiger partial charge on any atom is -0.496 e. The van der Waals surface area contributed by atoms with Crippen molar-refractivity contribution in [2.24, 2.45) is 0 Å². The highest BCUT2D eigenvalue weighted by Gasteiger charge is 2.30. The molecule has 0 unspecified atom stereocenters. The van der Waals surface area contributed by atoms with E-state index in [1.54, 1.807) is 52.0 Å². The summed E-state index contributed by atoms with van der Waals surface area (Å²) >= 11 is 6.11. The minimum absolute atomic E-state index is 0.0652. The van der Waals surface area contributed by atoms with Crippen LogP contribution in [0.3, 0.4) is 0 Å². The number of benzene rings is 6. The van der Waals surface area contributed by atoms with Gasteiger partial charge in [-0.05, 0) is 117 Å². The molecule has 37 nitrogen and oxygen atoms in total. The van der Waals surface area contributed by atoms with Crippen molar-refractivity contribution in [1.82, 2.24) is 101 Å². The maximum Gasteiger partial charge on any atom is 0.259 e. The number of furan rings is 1. The van der Waals surface area contributed by atoms with E-state index >= 15 is 0 Å². The van der Waals surface area contributed by atoms with Crippen LogP contribution in [0.25, 0.3) is 90.2 Å². The average Bonchev–Trinajstić information content (AvgIpc) is 1.64. The lowest BCUT2D eigenvalue weighted by molar-refractivity contribution is -0.117. The molecule has 126 heavy (non-hydrogen) atoms. The number of imidazole rings is 4. The zero-order valence-electron chi connectivity index (χ0n) is 70.1. The van der Waals surface area contributed by atoms with Crippen molar-refractivity contribution in [3.63, 3.8) is 0 Å². The van der Waals surface area contributed by atoms with Gasteiger partial charge in [-0.15, -0.1) is 0 Å². The molecule has 16 N–H and O–H groups in total. The first-order valence-corrected chi connectivity index (χ1v) is 42.1. The van der Waals surface area contributed by atoms with Gasteiger partial charge in [0.2, 0.25) is 5.91 Å². The van der Waals surface area contributed by atoms with Gasteiger partial charge >= 0.3 is 0 Å². The van der Waals surface area contributed by atoms with Crippen LogP contribution in [0.1, 0.15) is 90.5 Å². The fourth-order valence-corrected chi connectivity index (χ4v) is 16.2. The summed E-state index contributed by atoms with van der Waals surface area (Å²) in [4.78, 5) is 90.5. The summed E-state index contributed by atoms with van der Waals surface area (Å²) in [6.45, 7) is 15.6. The van der Waals surface area contributed by atoms with Gasteiger partial charge in [0.1, 0.15) is 40.0 Å². The zero-order valence-corrected chi connectivity index (χ0v) is 70.9. The van der Waals surface area contributed by atoms with Gasteiger partial charge in [0, 0.05) is 102 Å². The Balaban J connectivity index is 0.000000119. The van der Waals surface area contributed by atoms with Gasteiger partial charge in [-0.1, -0.05) is 41.9 Å². The Morgan fingerprint density at radius 1 is 0.484 bits per heavy atom. The fourth-order valence-electron chi connectivity index (χ4n) is 16.1. The topological polar surface area (TPSA) is 474 Å². The van der Waals surface area contributed by atoms with Gasteiger partial charge in [0.25, 0.3) is 17.7 Å². The largest absolute Gasteiger partial charge is 0.496 e. The van der Waals surface area contributed by atoms with Crippen LogP contribution in [0.2, 0.25) is 5.02 Å². The van der Waals surface area contributed by atoms with Crippen LogP contribution in [0, 0.1) is 6.92 Å². The number of rotatable bonds is 22. The number of halogens is 1. The number of methoxy groups -OCH3 is 3. The summed E-state index contributed by atoms with van der Waals surface area (Å²) in [7, 11) is 6.42. The predicted octanol–water partition coefficient (Wildman–Crippen LogP) is 11.8. The lowest BCUT2D eigenvalue weighted by Gasteiger charge is -2.26. The Morgan fingerprint density at radius 3 is 1.37 bits per heavy atom. The van der Waals surface area contributed by atoms with Crippen molar-refractivity contribution in [1.29, 1.82) is 0 Å². The van der Waals surface area contributed by atoms with Crippen LogP contribution < -0.4 is 51.8 Å². The molecule has 0 bridgehead atoms. The van der Waals surface area contributed by atoms with Crippen LogP contribution >= 0.6 is 11.6 Å². The number of anilines is 6. The van der Waals surface area contributed by atoms with E-state index in [4.69, 9.17) is 60.1 Å². The molecule has 5 aliphatic rings. The number of nitrogens with one attached hydrogen (secondary N) is 14. The third-order valence-electron chi connectivity index (χ3n) is 22.6. The third kappa shape index (κ3) is 19.1. The normalized spacial score (nSPS) is 15.5. The summed E-state index contributed by atoms with van der Waals surface area (Å²) in [5.41, 5.74) is 24.6. The number of amides is 4. The number of nitrogen functional groups attached to an aromatic ring is 1. The van der Waals surface area contributed by atoms with Crippen molar-refractivity contribution >= 4 is 113 Å². The van der Waals surface area contributed by atoms with Crippen molar-refractivity contribution in [2.75, 3.05) is 146 Å². The Hall–Kier alpha value is -13.8. The lowest BCUT2D eigenvalue weighted by Crippen LogP contribution is -2.35. The molecule has 652 valence electrons. The number of nitrogens with two attached hydrogens (primary N) is 1. The number of ether oxygens (including phenoxy) is 6. The lowest BCUT2D eigenvalue weighted by atomic mass is 9.94. The first kappa shape index (κ1) is 84.4. The maximum absolute atomic E-state index is 13.2. The number of carbonyl (C=O) groups is 4. The number of para-hydroxylation sites is 1. The number of aromatic nitrogens is 16. The number of carbonyl (C=O) groups excluding carboxylic acids is 4. The highest BCUT2D eigenvalue weighted by Crippen LogP contribution is 2.38. The molecule has 4 saturated heterocycles. The van der Waals surface area contributed by atoms with E-state index in [2.05, 4.69) is 154 Å². The smallest absolute Gasteiger partial charge is 0.259 e. The van der Waals surface area contributed by atoms with Crippen LogP contribution in [0.4, 0.5) is 34.1 Å². The zero-order chi connectivity index (χ0) is 86.7. The van der Waals surface area contributed by atoms with Gasteiger partial charge in [-0.2, -0.15) is 20.4 Å². The summed E-state index contributed by atoms with van der Waals surface area (Å²) in [5, 5.41) is 46.4. The average molecular weight is 1730 g/mol. The van der Waals surface area contributed by atoms with Crippen molar-refractivity contribution in [2.45, 2.75) is 71.1 Å². The van der Waals surface area contributed by atoms with Crippen molar-refractivity contribution < 1.29 is 52.0 Å². The molecule has 6 aromatic carbocycles. The van der Waals surface area contributed by atoms with Crippen LogP contribution in [0.5, 0.6) is 17.2 Å². The Bertz CT molecular complexity index is 6340. The molecule has 15 aromatic rings. The van der Waals surface area contributed by atoms with Crippen molar-refractivity contribution in [3.05, 3.63) is 183 Å². The summed E-state index contributed by atoms with van der Waals surface area (Å²) < 4.78 is 38.1. The molecule has 4 aliphatic heterocycles. The van der Waals surface area contributed by atoms with E-state index in [9.17, 15) is 19.2 Å². The molecule has 9 aromatic heterocycles. The van der Waals surface area contributed by atoms with Gasteiger partial charge < -0.3 is 90.4 Å². The molecular formula is C88H97ClN26O11. The van der Waals surface area contributed by atoms with E-state index in [-0.39, 0.29) is 34.3 Å². The number of aromatic amines is 8. The number of fused-ring (bicyclic) bond motifs is 5. The summed E-state index contributed by atoms with van der Waals surface area (Å²) in [6.07, 6.45) is 12.1. The maximum atomic E-state index is 13.2. The second-order valence-electron chi connectivity index (χ2n) is 30.9. The first-order valence-electron chi connectivity index (χ1n) is 41.7. The molecule has 4 fully saturated rings. The number of hydrogen-bond acceptors (Lipinski definition) is 25. The summed E-state index contributed by atoms with van der Waals surface area (Å²) in [6, 6.07) is 32.5. The van der Waals surface area contributed by atoms with Crippen LogP contribution in [0.15, 0.2) is 132 Å². The number of H-pyrrole nitrogens is 8. The fraction of sp³-hybridized carbons (Fsp3) is 0.318. The Morgan fingerprint density at radius 2 is 0.913 bits per heavy atom. The second kappa shape index (κ2) is 38.5. The molecule has 0 saturated carbocycles. The number of hydrogen-bond donors (Lipinski definition) is 15. The standard InChI is InChI=1S/C25H28N6O3.C23H24ClN7O3.C23H25N7O2.C17H20N6O3/c1-15-22(17-4-2-3-5-21(17)34-15)25(32)29-20-13-26-30-23(20)24-27-18-7-6-16(12-19(18)28-24)14-31-8-10-33-11-9-31;1-33-20-10-16(25)15(24)9-14(20)23(32)29-19-11-26-30-21(19)22-27-17-3-2-13(8-18(17)28-22)12-31-4-6-34-7-5-31;1-24-17-5-3-2-4-16(17)23(31)28-20-13-25-29-21(20)22-26-18-7-6-15(12-19(18)27-22)14-30-8-10-32-11-9-30;1-25-13-6-10-11(7-14(13)26-2)21-16(20-10)15-12(8-19-23-15)22-17(24)9-4-3-5-18-9/h6-7,12-13H,2-5,8-11,14H2,1H3,(H,26,30)(H,27,28)(H,29,32);2-3,8-11H,4-7,12,25H2,1H3,(H,26,30)(H,27,28)(H,29,32);2-7,12-13,24H,8-11,14H2,1H3,(H,25,29)(H,26,27)(H,28,31);6-9,18H,3-5H2,1-2H3,(H,19,23)(H,20,21)(H,22,24)/t;;;9-/m...0/s1. The van der Waals surface area contributed by atoms with E-state index in [1.807, 2.05) is 49.4 Å².